The second-order valence-electron chi connectivity index (χ2n) is 6.90. The van der Waals surface area contributed by atoms with Gasteiger partial charge in [-0.25, -0.2) is 0 Å². The van der Waals surface area contributed by atoms with Gasteiger partial charge < -0.3 is 15.7 Å². The number of carboxylic acid groups (broad SMARTS) is 1. The van der Waals surface area contributed by atoms with Gasteiger partial charge in [0.2, 0.25) is 11.8 Å². The van der Waals surface area contributed by atoms with Gasteiger partial charge in [0.15, 0.2) is 0 Å². The van der Waals surface area contributed by atoms with Crippen molar-refractivity contribution in [2.45, 2.75) is 57.9 Å². The number of carbonyl (C=O) groups is 3. The molecule has 6 nitrogen and oxygen atoms in total. The molecule has 1 aliphatic heterocycles. The molecule has 0 radical (unpaired) electrons. The minimum Gasteiger partial charge on any atom is -0.481 e. The summed E-state index contributed by atoms with van der Waals surface area (Å²) in [5.41, 5.74) is 2.48. The van der Waals surface area contributed by atoms with Gasteiger partial charge >= 0.3 is 5.97 Å². The van der Waals surface area contributed by atoms with E-state index in [4.69, 9.17) is 5.11 Å². The number of nitrogens with one attached hydrogen (secondary N) is 2. The van der Waals surface area contributed by atoms with Crippen molar-refractivity contribution in [1.82, 2.24) is 5.32 Å². The van der Waals surface area contributed by atoms with Gasteiger partial charge in [-0.3, -0.25) is 14.4 Å². The number of amides is 2. The largest absolute Gasteiger partial charge is 0.481 e. The van der Waals surface area contributed by atoms with Crippen LogP contribution in [-0.4, -0.2) is 28.4 Å². The average molecular weight is 332 g/mol. The van der Waals surface area contributed by atoms with E-state index in [2.05, 4.69) is 10.6 Å². The molecule has 1 heterocycles. The summed E-state index contributed by atoms with van der Waals surface area (Å²) in [4.78, 5) is 34.0. The highest BCUT2D eigenvalue weighted by atomic mass is 16.4. The van der Waals surface area contributed by atoms with Crippen molar-refractivity contribution in [2.75, 3.05) is 5.32 Å². The van der Waals surface area contributed by atoms with Gasteiger partial charge in [-0.2, -0.15) is 0 Å². The predicted octanol–water partition coefficient (Wildman–Crippen LogP) is 2.26. The number of hydrogen-bond donors (Lipinski definition) is 3. The first kappa shape index (κ1) is 18.0. The molecule has 0 bridgehead atoms. The summed E-state index contributed by atoms with van der Waals surface area (Å²) in [6.45, 7) is 3.66. The normalized spacial score (nSPS) is 13.3. The van der Waals surface area contributed by atoms with Crippen LogP contribution < -0.4 is 10.6 Å². The lowest BCUT2D eigenvalue weighted by Gasteiger charge is -2.25. The molecule has 0 aliphatic carbocycles. The lowest BCUT2D eigenvalue weighted by molar-refractivity contribution is -0.137. The summed E-state index contributed by atoms with van der Waals surface area (Å²) in [7, 11) is 0. The Labute approximate surface area is 141 Å². The molecule has 0 aromatic heterocycles. The monoisotopic (exact) mass is 332 g/mol. The first-order valence-electron chi connectivity index (χ1n) is 8.20. The molecule has 0 spiro atoms. The molecule has 0 atom stereocenters. The van der Waals surface area contributed by atoms with E-state index in [1.165, 1.54) is 0 Å². The summed E-state index contributed by atoms with van der Waals surface area (Å²) >= 11 is 0. The van der Waals surface area contributed by atoms with Crippen molar-refractivity contribution in [3.8, 4) is 0 Å². The van der Waals surface area contributed by atoms with Crippen molar-refractivity contribution < 1.29 is 19.5 Å². The predicted molar refractivity (Wildman–Crippen MR) is 90.8 cm³/mol. The SMILES string of the molecule is CC(C)(CCC(=O)O)NC(=O)CCCc1ccc2c(c1)CC(=O)N2. The second-order valence-corrected chi connectivity index (χ2v) is 6.90. The molecule has 0 fully saturated rings. The van der Waals surface area contributed by atoms with Gasteiger partial charge in [-0.05, 0) is 50.3 Å². The van der Waals surface area contributed by atoms with Crippen molar-refractivity contribution in [2.24, 2.45) is 0 Å². The molecular formula is C18H24N2O4. The topological polar surface area (TPSA) is 95.5 Å². The highest BCUT2D eigenvalue weighted by molar-refractivity contribution is 5.99. The van der Waals surface area contributed by atoms with Crippen LogP contribution >= 0.6 is 0 Å². The van der Waals surface area contributed by atoms with E-state index in [0.717, 1.165) is 23.2 Å². The molecule has 2 amide bonds. The van der Waals surface area contributed by atoms with Crippen LogP contribution in [0.3, 0.4) is 0 Å². The summed E-state index contributed by atoms with van der Waals surface area (Å²) in [5.74, 6) is -0.907. The smallest absolute Gasteiger partial charge is 0.303 e. The van der Waals surface area contributed by atoms with Crippen molar-refractivity contribution in [1.29, 1.82) is 0 Å². The van der Waals surface area contributed by atoms with E-state index >= 15 is 0 Å². The lowest BCUT2D eigenvalue weighted by Crippen LogP contribution is -2.43. The van der Waals surface area contributed by atoms with Crippen molar-refractivity contribution >= 4 is 23.5 Å². The molecule has 1 aromatic carbocycles. The van der Waals surface area contributed by atoms with Gasteiger partial charge in [0, 0.05) is 24.1 Å². The first-order valence-corrected chi connectivity index (χ1v) is 8.20. The maximum atomic E-state index is 12.0. The standard InChI is InChI=1S/C18H24N2O4/c1-18(2,9-8-17(23)24)20-15(21)5-3-4-12-6-7-14-13(10-12)11-16(22)19-14/h6-7,10H,3-5,8-9,11H2,1-2H3,(H,19,22)(H,20,21)(H,23,24). The van der Waals surface area contributed by atoms with Crippen molar-refractivity contribution in [3.63, 3.8) is 0 Å². The third kappa shape index (κ3) is 5.37. The molecule has 0 saturated carbocycles. The summed E-state index contributed by atoms with van der Waals surface area (Å²) in [6.07, 6.45) is 2.73. The van der Waals surface area contributed by atoms with E-state index in [0.29, 0.717) is 25.7 Å². The third-order valence-electron chi connectivity index (χ3n) is 4.11. The van der Waals surface area contributed by atoms with Gasteiger partial charge in [0.25, 0.3) is 0 Å². The Balaban J connectivity index is 1.76. The van der Waals surface area contributed by atoms with Gasteiger partial charge in [0.1, 0.15) is 0 Å². The second kappa shape index (κ2) is 7.47. The summed E-state index contributed by atoms with van der Waals surface area (Å²) < 4.78 is 0. The van der Waals surface area contributed by atoms with Crippen LogP contribution in [0.15, 0.2) is 18.2 Å². The molecule has 1 aromatic rings. The average Bonchev–Trinajstić information content (AvgIpc) is 2.84. The van der Waals surface area contributed by atoms with Gasteiger partial charge in [0.05, 0.1) is 6.42 Å². The quantitative estimate of drug-likeness (QED) is 0.680. The molecule has 0 unspecified atom stereocenters. The highest BCUT2D eigenvalue weighted by Crippen LogP contribution is 2.24. The van der Waals surface area contributed by atoms with Gasteiger partial charge in [-0.15, -0.1) is 0 Å². The molecule has 6 heteroatoms. The lowest BCUT2D eigenvalue weighted by atomic mass is 9.97. The Hall–Kier alpha value is -2.37. The number of hydrogen-bond acceptors (Lipinski definition) is 3. The first-order chi connectivity index (χ1) is 11.2. The zero-order valence-electron chi connectivity index (χ0n) is 14.1. The van der Waals surface area contributed by atoms with Crippen LogP contribution in [0.2, 0.25) is 0 Å². The van der Waals surface area contributed by atoms with Crippen LogP contribution in [0.5, 0.6) is 0 Å². The molecule has 3 N–H and O–H groups in total. The van der Waals surface area contributed by atoms with Crippen LogP contribution in [0, 0.1) is 0 Å². The Morgan fingerprint density at radius 1 is 1.29 bits per heavy atom. The van der Waals surface area contributed by atoms with E-state index in [1.807, 2.05) is 32.0 Å². The van der Waals surface area contributed by atoms with Crippen LogP contribution in [0.4, 0.5) is 5.69 Å². The number of fused-ring (bicyclic) bond motifs is 1. The Bertz CT molecular complexity index is 652. The zero-order valence-corrected chi connectivity index (χ0v) is 14.1. The third-order valence-corrected chi connectivity index (χ3v) is 4.11. The maximum Gasteiger partial charge on any atom is 0.303 e. The Kier molecular flexibility index (Phi) is 5.59. The minimum atomic E-state index is -0.859. The van der Waals surface area contributed by atoms with E-state index < -0.39 is 11.5 Å². The van der Waals surface area contributed by atoms with E-state index in [1.54, 1.807) is 0 Å². The number of aryl methyl sites for hydroxylation is 1. The highest BCUT2D eigenvalue weighted by Gasteiger charge is 2.21. The number of benzene rings is 1. The fourth-order valence-corrected chi connectivity index (χ4v) is 2.81. The Morgan fingerprint density at radius 3 is 2.75 bits per heavy atom. The number of carbonyl (C=O) groups excluding carboxylic acids is 2. The van der Waals surface area contributed by atoms with E-state index in [9.17, 15) is 14.4 Å². The molecular weight excluding hydrogens is 308 g/mol. The van der Waals surface area contributed by atoms with Crippen LogP contribution in [0.25, 0.3) is 0 Å². The molecule has 24 heavy (non-hydrogen) atoms. The van der Waals surface area contributed by atoms with Crippen molar-refractivity contribution in [3.05, 3.63) is 29.3 Å². The molecule has 1 aliphatic rings. The number of anilines is 1. The molecule has 130 valence electrons. The minimum absolute atomic E-state index is 0.0186. The fraction of sp³-hybridized carbons (Fsp3) is 0.500. The number of carboxylic acids is 1. The summed E-state index contributed by atoms with van der Waals surface area (Å²) in [5, 5.41) is 14.4. The maximum absolute atomic E-state index is 12.0. The molecule has 2 rings (SSSR count). The van der Waals surface area contributed by atoms with Crippen LogP contribution in [0.1, 0.15) is 50.7 Å². The Morgan fingerprint density at radius 2 is 2.04 bits per heavy atom. The van der Waals surface area contributed by atoms with E-state index in [-0.39, 0.29) is 18.2 Å². The molecule has 0 saturated heterocycles. The van der Waals surface area contributed by atoms with Gasteiger partial charge in [-0.1, -0.05) is 12.1 Å². The summed E-state index contributed by atoms with van der Waals surface area (Å²) in [6, 6.07) is 5.89. The number of rotatable bonds is 8. The van der Waals surface area contributed by atoms with Crippen LogP contribution in [-0.2, 0) is 27.2 Å². The number of aliphatic carboxylic acids is 1. The fourth-order valence-electron chi connectivity index (χ4n) is 2.81. The zero-order chi connectivity index (χ0) is 17.7.